The van der Waals surface area contributed by atoms with Gasteiger partial charge in [0.15, 0.2) is 6.23 Å². The zero-order chi connectivity index (χ0) is 29.6. The molecule has 4 rings (SSSR count). The normalized spacial score (nSPS) is 20.9. The van der Waals surface area contributed by atoms with Crippen molar-refractivity contribution >= 4 is 17.9 Å². The highest BCUT2D eigenvalue weighted by Crippen LogP contribution is 2.30. The molecule has 1 fully saturated rings. The summed E-state index contributed by atoms with van der Waals surface area (Å²) >= 11 is 0. The predicted molar refractivity (Wildman–Crippen MR) is 159 cm³/mol. The Hall–Kier alpha value is -3.43. The quantitative estimate of drug-likeness (QED) is 0.454. The Morgan fingerprint density at radius 3 is 2.44 bits per heavy atom. The fourth-order valence-corrected chi connectivity index (χ4v) is 5.56. The van der Waals surface area contributed by atoms with Gasteiger partial charge in [-0.3, -0.25) is 14.5 Å². The Kier molecular flexibility index (Phi) is 10.0. The second-order valence-corrected chi connectivity index (χ2v) is 12.2. The molecule has 41 heavy (non-hydrogen) atoms. The lowest BCUT2D eigenvalue weighted by Gasteiger charge is -2.44. The first-order valence-electron chi connectivity index (χ1n) is 14.7. The standard InChI is InChI=1S/C32H45N5O4/c1-22(33-5)29(38)35-28(32(2,3)4)30(39)37-19-18-36(20-23-12-7-6-8-13-23)21-27(37)41-31(40)34-26-17-11-15-24-14-9-10-16-25(24)26/h6-10,12-14,16,22,26-28,33H,11,15,17-21H2,1-5H3,(H,34,40)(H,35,38). The number of hydrogen-bond donors (Lipinski definition) is 3. The third kappa shape index (κ3) is 7.86. The number of alkyl carbamates (subject to hydrolysis) is 1. The number of nitrogens with one attached hydrogen (secondary N) is 3. The number of hydrogen-bond acceptors (Lipinski definition) is 6. The van der Waals surface area contributed by atoms with Crippen molar-refractivity contribution in [3.8, 4) is 0 Å². The van der Waals surface area contributed by atoms with Crippen LogP contribution in [0.4, 0.5) is 4.79 Å². The van der Waals surface area contributed by atoms with E-state index >= 15 is 0 Å². The monoisotopic (exact) mass is 563 g/mol. The van der Waals surface area contributed by atoms with E-state index in [1.165, 1.54) is 5.56 Å². The van der Waals surface area contributed by atoms with Crippen molar-refractivity contribution in [1.82, 2.24) is 25.8 Å². The summed E-state index contributed by atoms with van der Waals surface area (Å²) in [6.45, 7) is 9.57. The molecular weight excluding hydrogens is 518 g/mol. The van der Waals surface area contributed by atoms with Crippen LogP contribution in [0.25, 0.3) is 0 Å². The molecule has 0 radical (unpaired) electrons. The molecule has 0 spiro atoms. The highest BCUT2D eigenvalue weighted by Gasteiger charge is 2.42. The molecule has 1 aliphatic carbocycles. The molecule has 3 amide bonds. The van der Waals surface area contributed by atoms with Crippen molar-refractivity contribution in [2.24, 2.45) is 5.41 Å². The van der Waals surface area contributed by atoms with Crippen molar-refractivity contribution in [3.63, 3.8) is 0 Å². The maximum Gasteiger partial charge on any atom is 0.409 e. The van der Waals surface area contributed by atoms with E-state index in [4.69, 9.17) is 4.74 Å². The van der Waals surface area contributed by atoms with Gasteiger partial charge in [-0.05, 0) is 55.3 Å². The van der Waals surface area contributed by atoms with Gasteiger partial charge < -0.3 is 25.6 Å². The molecule has 222 valence electrons. The minimum absolute atomic E-state index is 0.134. The molecule has 0 aromatic heterocycles. The van der Waals surface area contributed by atoms with E-state index in [1.54, 1.807) is 18.9 Å². The van der Waals surface area contributed by atoms with E-state index < -0.39 is 29.8 Å². The smallest absolute Gasteiger partial charge is 0.409 e. The fraction of sp³-hybridized carbons (Fsp3) is 0.531. The summed E-state index contributed by atoms with van der Waals surface area (Å²) in [5.41, 5.74) is 2.95. The van der Waals surface area contributed by atoms with Gasteiger partial charge in [-0.2, -0.15) is 0 Å². The molecule has 2 aliphatic rings. The van der Waals surface area contributed by atoms with Gasteiger partial charge in [0.1, 0.15) is 6.04 Å². The van der Waals surface area contributed by atoms with E-state index in [9.17, 15) is 14.4 Å². The third-order valence-corrected chi connectivity index (χ3v) is 8.08. The van der Waals surface area contributed by atoms with Gasteiger partial charge in [0.2, 0.25) is 11.8 Å². The van der Waals surface area contributed by atoms with Gasteiger partial charge in [-0.25, -0.2) is 4.79 Å². The number of ether oxygens (including phenoxy) is 1. The predicted octanol–water partition coefficient (Wildman–Crippen LogP) is 3.60. The molecule has 4 unspecified atom stereocenters. The van der Waals surface area contributed by atoms with Crippen molar-refractivity contribution < 1.29 is 19.1 Å². The number of likely N-dealkylation sites (N-methyl/N-ethyl adjacent to an activating group) is 1. The summed E-state index contributed by atoms with van der Waals surface area (Å²) in [6.07, 6.45) is 1.47. The zero-order valence-corrected chi connectivity index (χ0v) is 25.0. The van der Waals surface area contributed by atoms with Crippen LogP contribution in [-0.4, -0.2) is 72.7 Å². The van der Waals surface area contributed by atoms with Crippen LogP contribution in [0.15, 0.2) is 54.6 Å². The Morgan fingerprint density at radius 2 is 1.73 bits per heavy atom. The van der Waals surface area contributed by atoms with Crippen molar-refractivity contribution in [2.75, 3.05) is 26.7 Å². The summed E-state index contributed by atoms with van der Waals surface area (Å²) in [6, 6.07) is 16.9. The lowest BCUT2D eigenvalue weighted by molar-refractivity contribution is -0.154. The molecular formula is C32H45N5O4. The largest absolute Gasteiger partial charge is 0.424 e. The molecule has 1 aliphatic heterocycles. The average molecular weight is 564 g/mol. The highest BCUT2D eigenvalue weighted by atomic mass is 16.6. The topological polar surface area (TPSA) is 103 Å². The van der Waals surface area contributed by atoms with Crippen LogP contribution in [-0.2, 0) is 27.3 Å². The van der Waals surface area contributed by atoms with E-state index in [1.807, 2.05) is 51.1 Å². The van der Waals surface area contributed by atoms with Crippen LogP contribution in [0, 0.1) is 5.41 Å². The van der Waals surface area contributed by atoms with Crippen LogP contribution < -0.4 is 16.0 Å². The van der Waals surface area contributed by atoms with Gasteiger partial charge in [0.25, 0.3) is 0 Å². The van der Waals surface area contributed by atoms with Gasteiger partial charge in [0.05, 0.1) is 18.6 Å². The van der Waals surface area contributed by atoms with Crippen LogP contribution >= 0.6 is 0 Å². The third-order valence-electron chi connectivity index (χ3n) is 8.08. The second-order valence-electron chi connectivity index (χ2n) is 12.2. The minimum atomic E-state index is -0.803. The number of amides is 3. The number of fused-ring (bicyclic) bond motifs is 1. The van der Waals surface area contributed by atoms with E-state index in [2.05, 4.69) is 45.1 Å². The number of carbonyl (C=O) groups is 3. The molecule has 2 aromatic carbocycles. The fourth-order valence-electron chi connectivity index (χ4n) is 5.56. The number of piperazine rings is 1. The first-order chi connectivity index (χ1) is 19.6. The average Bonchev–Trinajstić information content (AvgIpc) is 2.95. The van der Waals surface area contributed by atoms with Crippen molar-refractivity contribution in [2.45, 2.75) is 77.9 Å². The highest BCUT2D eigenvalue weighted by molar-refractivity contribution is 5.90. The summed E-state index contributed by atoms with van der Waals surface area (Å²) in [7, 11) is 1.71. The number of benzene rings is 2. The van der Waals surface area contributed by atoms with Gasteiger partial charge in [-0.15, -0.1) is 0 Å². The van der Waals surface area contributed by atoms with Gasteiger partial charge >= 0.3 is 6.09 Å². The molecule has 4 atom stereocenters. The first kappa shape index (κ1) is 30.5. The van der Waals surface area contributed by atoms with Crippen molar-refractivity contribution in [1.29, 1.82) is 0 Å². The van der Waals surface area contributed by atoms with Crippen LogP contribution in [0.3, 0.4) is 0 Å². The molecule has 1 heterocycles. The Bertz CT molecular complexity index is 1200. The summed E-state index contributed by atoms with van der Waals surface area (Å²) in [5.74, 6) is -0.510. The summed E-state index contributed by atoms with van der Waals surface area (Å²) < 4.78 is 6.04. The van der Waals surface area contributed by atoms with E-state index in [0.717, 1.165) is 30.4 Å². The maximum atomic E-state index is 14.1. The second kappa shape index (κ2) is 13.5. The number of aryl methyl sites for hydroxylation is 1. The molecule has 9 nitrogen and oxygen atoms in total. The molecule has 3 N–H and O–H groups in total. The molecule has 9 heteroatoms. The van der Waals surface area contributed by atoms with Crippen LogP contribution in [0.5, 0.6) is 0 Å². The maximum absolute atomic E-state index is 14.1. The Balaban J connectivity index is 1.53. The van der Waals surface area contributed by atoms with Crippen LogP contribution in [0.2, 0.25) is 0 Å². The van der Waals surface area contributed by atoms with E-state index in [-0.39, 0.29) is 17.9 Å². The first-order valence-corrected chi connectivity index (χ1v) is 14.7. The molecule has 2 aromatic rings. The summed E-state index contributed by atoms with van der Waals surface area (Å²) in [4.78, 5) is 44.0. The minimum Gasteiger partial charge on any atom is -0.424 e. The lowest BCUT2D eigenvalue weighted by Crippen LogP contribution is -2.64. The SMILES string of the molecule is CNC(C)C(=O)NC(C(=O)N1CCN(Cc2ccccc2)CC1OC(=O)NC1CCCc2ccccc21)C(C)(C)C. The zero-order valence-electron chi connectivity index (χ0n) is 25.0. The molecule has 0 bridgehead atoms. The molecule has 0 saturated carbocycles. The Morgan fingerprint density at radius 1 is 1.02 bits per heavy atom. The molecule has 1 saturated heterocycles. The van der Waals surface area contributed by atoms with Crippen molar-refractivity contribution in [3.05, 3.63) is 71.3 Å². The van der Waals surface area contributed by atoms with E-state index in [0.29, 0.717) is 26.2 Å². The Labute approximate surface area is 244 Å². The number of carbonyl (C=O) groups excluding carboxylic acids is 3. The van der Waals surface area contributed by atoms with Gasteiger partial charge in [-0.1, -0.05) is 75.4 Å². The number of rotatable bonds is 8. The van der Waals surface area contributed by atoms with Gasteiger partial charge in [0, 0.05) is 19.6 Å². The lowest BCUT2D eigenvalue weighted by atomic mass is 9.85. The summed E-state index contributed by atoms with van der Waals surface area (Å²) in [5, 5.41) is 8.94. The van der Waals surface area contributed by atoms with Crippen LogP contribution in [0.1, 0.15) is 63.3 Å². The number of nitrogens with zero attached hydrogens (tertiary/aromatic N) is 2.